The second kappa shape index (κ2) is 4.30. The minimum atomic E-state index is 0.354. The SMILES string of the molecule is CCN1C[C@@H](CN2CCC2)CCC1=O. The minimum Gasteiger partial charge on any atom is -0.343 e. The van der Waals surface area contributed by atoms with Crippen LogP contribution in [0.1, 0.15) is 26.2 Å². The van der Waals surface area contributed by atoms with E-state index in [9.17, 15) is 4.79 Å². The molecule has 2 rings (SSSR count). The third-order valence-electron chi connectivity index (χ3n) is 3.44. The Bertz CT molecular complexity index is 213. The lowest BCUT2D eigenvalue weighted by molar-refractivity contribution is -0.134. The van der Waals surface area contributed by atoms with E-state index in [1.807, 2.05) is 4.90 Å². The van der Waals surface area contributed by atoms with E-state index < -0.39 is 0 Å². The number of amides is 1. The zero-order valence-corrected chi connectivity index (χ0v) is 9.04. The van der Waals surface area contributed by atoms with Crippen LogP contribution in [0.5, 0.6) is 0 Å². The van der Waals surface area contributed by atoms with Gasteiger partial charge in [-0.1, -0.05) is 0 Å². The van der Waals surface area contributed by atoms with E-state index in [1.165, 1.54) is 26.1 Å². The van der Waals surface area contributed by atoms with Gasteiger partial charge in [0.25, 0.3) is 0 Å². The van der Waals surface area contributed by atoms with Gasteiger partial charge >= 0.3 is 0 Å². The highest BCUT2D eigenvalue weighted by atomic mass is 16.2. The van der Waals surface area contributed by atoms with E-state index in [2.05, 4.69) is 11.8 Å². The van der Waals surface area contributed by atoms with Gasteiger partial charge < -0.3 is 9.80 Å². The Kier molecular flexibility index (Phi) is 3.06. The predicted octanol–water partition coefficient (Wildman–Crippen LogP) is 0.951. The van der Waals surface area contributed by atoms with Crippen molar-refractivity contribution in [2.75, 3.05) is 32.7 Å². The maximum absolute atomic E-state index is 11.5. The standard InChI is InChI=1S/C11H20N2O/c1-2-13-9-10(4-5-11(13)14)8-12-6-3-7-12/h10H,2-9H2,1H3/t10-/m1/s1. The molecule has 2 aliphatic heterocycles. The first kappa shape index (κ1) is 9.97. The Morgan fingerprint density at radius 2 is 2.21 bits per heavy atom. The van der Waals surface area contributed by atoms with Gasteiger partial charge in [0.1, 0.15) is 0 Å². The molecule has 2 heterocycles. The maximum Gasteiger partial charge on any atom is 0.222 e. The van der Waals surface area contributed by atoms with Crippen LogP contribution in [0.15, 0.2) is 0 Å². The van der Waals surface area contributed by atoms with Crippen molar-refractivity contribution in [3.63, 3.8) is 0 Å². The summed E-state index contributed by atoms with van der Waals surface area (Å²) in [4.78, 5) is 16.0. The van der Waals surface area contributed by atoms with Gasteiger partial charge in [-0.3, -0.25) is 4.79 Å². The van der Waals surface area contributed by atoms with Crippen LogP contribution in [0.25, 0.3) is 0 Å². The van der Waals surface area contributed by atoms with Crippen molar-refractivity contribution in [2.24, 2.45) is 5.92 Å². The lowest BCUT2D eigenvalue weighted by Gasteiger charge is -2.38. The first-order chi connectivity index (χ1) is 6.79. The molecule has 0 saturated carbocycles. The van der Waals surface area contributed by atoms with E-state index in [-0.39, 0.29) is 0 Å². The van der Waals surface area contributed by atoms with Gasteiger partial charge in [0.05, 0.1) is 0 Å². The molecular weight excluding hydrogens is 176 g/mol. The lowest BCUT2D eigenvalue weighted by Crippen LogP contribution is -2.47. The monoisotopic (exact) mass is 196 g/mol. The third kappa shape index (κ3) is 2.08. The highest BCUT2D eigenvalue weighted by molar-refractivity contribution is 5.76. The van der Waals surface area contributed by atoms with Crippen LogP contribution in [-0.4, -0.2) is 48.4 Å². The number of hydrogen-bond donors (Lipinski definition) is 0. The van der Waals surface area contributed by atoms with Crippen molar-refractivity contribution in [1.82, 2.24) is 9.80 Å². The predicted molar refractivity (Wildman–Crippen MR) is 56.0 cm³/mol. The molecule has 1 atom stereocenters. The molecule has 0 unspecified atom stereocenters. The van der Waals surface area contributed by atoms with Crippen LogP contribution in [0.4, 0.5) is 0 Å². The van der Waals surface area contributed by atoms with Crippen molar-refractivity contribution in [2.45, 2.75) is 26.2 Å². The molecule has 2 fully saturated rings. The molecule has 3 heteroatoms. The van der Waals surface area contributed by atoms with Gasteiger partial charge in [-0.15, -0.1) is 0 Å². The lowest BCUT2D eigenvalue weighted by atomic mass is 9.96. The highest BCUT2D eigenvalue weighted by Gasteiger charge is 2.27. The molecule has 0 bridgehead atoms. The summed E-state index contributed by atoms with van der Waals surface area (Å²) in [5.41, 5.74) is 0. The molecule has 0 radical (unpaired) electrons. The molecule has 2 saturated heterocycles. The fourth-order valence-corrected chi connectivity index (χ4v) is 2.37. The number of piperidine rings is 1. The molecule has 80 valence electrons. The average Bonchev–Trinajstić information content (AvgIpc) is 2.14. The first-order valence-corrected chi connectivity index (χ1v) is 5.79. The second-order valence-corrected chi connectivity index (χ2v) is 4.49. The number of hydrogen-bond acceptors (Lipinski definition) is 2. The van der Waals surface area contributed by atoms with Gasteiger partial charge in [-0.2, -0.15) is 0 Å². The summed E-state index contributed by atoms with van der Waals surface area (Å²) < 4.78 is 0. The number of nitrogens with zero attached hydrogens (tertiary/aromatic N) is 2. The van der Waals surface area contributed by atoms with Crippen molar-refractivity contribution in [3.05, 3.63) is 0 Å². The molecule has 1 amide bonds. The van der Waals surface area contributed by atoms with Crippen LogP contribution in [0.2, 0.25) is 0 Å². The average molecular weight is 196 g/mol. The normalized spacial score (nSPS) is 29.1. The van der Waals surface area contributed by atoms with Crippen LogP contribution >= 0.6 is 0 Å². The molecule has 0 N–H and O–H groups in total. The van der Waals surface area contributed by atoms with Gasteiger partial charge in [-0.05, 0) is 38.8 Å². The molecule has 0 aliphatic carbocycles. The molecule has 0 spiro atoms. The van der Waals surface area contributed by atoms with E-state index >= 15 is 0 Å². The number of carbonyl (C=O) groups excluding carboxylic acids is 1. The summed E-state index contributed by atoms with van der Waals surface area (Å²) in [5.74, 6) is 1.08. The fourth-order valence-electron chi connectivity index (χ4n) is 2.37. The Labute approximate surface area is 86.1 Å². The summed E-state index contributed by atoms with van der Waals surface area (Å²) in [7, 11) is 0. The van der Waals surface area contributed by atoms with Crippen LogP contribution in [0, 0.1) is 5.92 Å². The van der Waals surface area contributed by atoms with Gasteiger partial charge in [-0.25, -0.2) is 0 Å². The topological polar surface area (TPSA) is 23.6 Å². The van der Waals surface area contributed by atoms with Crippen molar-refractivity contribution in [3.8, 4) is 0 Å². The molecule has 0 aromatic heterocycles. The van der Waals surface area contributed by atoms with Gasteiger partial charge in [0, 0.05) is 26.1 Å². The molecule has 2 aliphatic rings. The molecular formula is C11H20N2O. The fraction of sp³-hybridized carbons (Fsp3) is 0.909. The van der Waals surface area contributed by atoms with E-state index in [0.717, 1.165) is 31.8 Å². The van der Waals surface area contributed by atoms with Crippen LogP contribution in [0.3, 0.4) is 0 Å². The molecule has 0 aromatic rings. The Morgan fingerprint density at radius 3 is 2.79 bits per heavy atom. The van der Waals surface area contributed by atoms with Gasteiger partial charge in [0.2, 0.25) is 5.91 Å². The zero-order chi connectivity index (χ0) is 9.97. The van der Waals surface area contributed by atoms with Gasteiger partial charge in [0.15, 0.2) is 0 Å². The maximum atomic E-state index is 11.5. The van der Waals surface area contributed by atoms with E-state index in [1.54, 1.807) is 0 Å². The summed E-state index contributed by atoms with van der Waals surface area (Å²) >= 11 is 0. The van der Waals surface area contributed by atoms with E-state index in [0.29, 0.717) is 5.91 Å². The summed E-state index contributed by atoms with van der Waals surface area (Å²) in [6.45, 7) is 7.71. The minimum absolute atomic E-state index is 0.354. The summed E-state index contributed by atoms with van der Waals surface area (Å²) in [6.07, 6.45) is 3.24. The zero-order valence-electron chi connectivity index (χ0n) is 9.04. The van der Waals surface area contributed by atoms with Crippen LogP contribution in [-0.2, 0) is 4.79 Å². The molecule has 14 heavy (non-hydrogen) atoms. The summed E-state index contributed by atoms with van der Waals surface area (Å²) in [5, 5.41) is 0. The second-order valence-electron chi connectivity index (χ2n) is 4.49. The summed E-state index contributed by atoms with van der Waals surface area (Å²) in [6, 6.07) is 0. The number of likely N-dealkylation sites (tertiary alicyclic amines) is 2. The van der Waals surface area contributed by atoms with Crippen LogP contribution < -0.4 is 0 Å². The number of carbonyl (C=O) groups is 1. The Balaban J connectivity index is 1.79. The Hall–Kier alpha value is -0.570. The molecule has 3 nitrogen and oxygen atoms in total. The highest BCUT2D eigenvalue weighted by Crippen LogP contribution is 2.20. The smallest absolute Gasteiger partial charge is 0.222 e. The Morgan fingerprint density at radius 1 is 1.43 bits per heavy atom. The quantitative estimate of drug-likeness (QED) is 0.671. The van der Waals surface area contributed by atoms with E-state index in [4.69, 9.17) is 0 Å². The largest absolute Gasteiger partial charge is 0.343 e. The van der Waals surface area contributed by atoms with Crippen molar-refractivity contribution < 1.29 is 4.79 Å². The third-order valence-corrected chi connectivity index (χ3v) is 3.44. The first-order valence-electron chi connectivity index (χ1n) is 5.79. The van der Waals surface area contributed by atoms with Crippen molar-refractivity contribution >= 4 is 5.91 Å². The number of rotatable bonds is 3. The molecule has 0 aromatic carbocycles. The van der Waals surface area contributed by atoms with Crippen molar-refractivity contribution in [1.29, 1.82) is 0 Å².